The van der Waals surface area contributed by atoms with E-state index in [0.29, 0.717) is 71.7 Å². The molecule has 3 amide bonds. The Morgan fingerprint density at radius 3 is 2.34 bits per heavy atom. The lowest BCUT2D eigenvalue weighted by atomic mass is 10.1. The van der Waals surface area contributed by atoms with Crippen LogP contribution in [0.15, 0.2) is 42.5 Å². The van der Waals surface area contributed by atoms with Gasteiger partial charge in [0.2, 0.25) is 0 Å². The number of piperazine rings is 2. The molecular formula is C26H28ClN7O3S. The second kappa shape index (κ2) is 11.5. The quantitative estimate of drug-likeness (QED) is 0.500. The molecule has 2 fully saturated rings. The summed E-state index contributed by atoms with van der Waals surface area (Å²) in [6.45, 7) is 6.73. The zero-order valence-corrected chi connectivity index (χ0v) is 22.5. The van der Waals surface area contributed by atoms with Crippen LogP contribution in [0.2, 0.25) is 5.02 Å². The van der Waals surface area contributed by atoms with Crippen LogP contribution in [0.4, 0.5) is 11.4 Å². The molecule has 12 heteroatoms. The number of halogens is 1. The fraction of sp³-hybridized carbons (Fsp3) is 0.346. The number of hydrogen-bond acceptors (Lipinski definition) is 8. The van der Waals surface area contributed by atoms with Crippen molar-refractivity contribution in [2.75, 3.05) is 62.6 Å². The van der Waals surface area contributed by atoms with Crippen LogP contribution in [0.1, 0.15) is 36.1 Å². The van der Waals surface area contributed by atoms with Crippen molar-refractivity contribution in [2.24, 2.45) is 0 Å². The first-order valence-corrected chi connectivity index (χ1v) is 13.6. The zero-order valence-electron chi connectivity index (χ0n) is 20.9. The van der Waals surface area contributed by atoms with E-state index in [-0.39, 0.29) is 17.7 Å². The molecule has 198 valence electrons. The number of carbonyl (C=O) groups is 3. The molecule has 0 unspecified atom stereocenters. The lowest BCUT2D eigenvalue weighted by Gasteiger charge is -2.37. The predicted octanol–water partition coefficient (Wildman–Crippen LogP) is 2.76. The normalized spacial score (nSPS) is 15.9. The number of rotatable bonds is 5. The summed E-state index contributed by atoms with van der Waals surface area (Å²) >= 11 is 7.21. The molecule has 0 aliphatic carbocycles. The smallest absolute Gasteiger partial charge is 0.267 e. The van der Waals surface area contributed by atoms with E-state index in [9.17, 15) is 14.4 Å². The Morgan fingerprint density at radius 1 is 0.921 bits per heavy atom. The number of anilines is 2. The van der Waals surface area contributed by atoms with Crippen molar-refractivity contribution in [2.45, 2.75) is 6.92 Å². The third kappa shape index (κ3) is 5.64. The fourth-order valence-electron chi connectivity index (χ4n) is 4.64. The van der Waals surface area contributed by atoms with Gasteiger partial charge in [-0.3, -0.25) is 14.4 Å². The molecule has 2 saturated heterocycles. The van der Waals surface area contributed by atoms with Gasteiger partial charge in [-0.25, -0.2) is 0 Å². The molecule has 38 heavy (non-hydrogen) atoms. The fourth-order valence-corrected chi connectivity index (χ4v) is 5.46. The second-order valence-electron chi connectivity index (χ2n) is 9.21. The number of carbonyl (C=O) groups excluding carboxylic acids is 3. The molecule has 0 saturated carbocycles. The van der Waals surface area contributed by atoms with Gasteiger partial charge in [-0.15, -0.1) is 5.10 Å². The Hall–Kier alpha value is -3.54. The van der Waals surface area contributed by atoms with E-state index in [0.717, 1.165) is 30.3 Å². The van der Waals surface area contributed by atoms with E-state index in [2.05, 4.69) is 25.1 Å². The molecule has 10 nitrogen and oxygen atoms in total. The topological polar surface area (TPSA) is 111 Å². The summed E-state index contributed by atoms with van der Waals surface area (Å²) in [4.78, 5) is 45.5. The number of aromatic nitrogens is 2. The minimum Gasteiger partial charge on any atom is -0.366 e. The first kappa shape index (κ1) is 26.1. The Labute approximate surface area is 229 Å². The largest absolute Gasteiger partial charge is 0.366 e. The van der Waals surface area contributed by atoms with Crippen molar-refractivity contribution in [3.05, 3.63) is 69.2 Å². The van der Waals surface area contributed by atoms with Crippen molar-refractivity contribution in [3.8, 4) is 0 Å². The monoisotopic (exact) mass is 553 g/mol. The van der Waals surface area contributed by atoms with Crippen molar-refractivity contribution in [3.63, 3.8) is 0 Å². The van der Waals surface area contributed by atoms with Gasteiger partial charge in [0.15, 0.2) is 0 Å². The highest BCUT2D eigenvalue weighted by Gasteiger charge is 2.27. The van der Waals surface area contributed by atoms with Gasteiger partial charge in [-0.05, 0) is 54.9 Å². The average Bonchev–Trinajstić information content (AvgIpc) is 3.38. The molecule has 0 atom stereocenters. The van der Waals surface area contributed by atoms with Gasteiger partial charge in [0, 0.05) is 68.5 Å². The van der Waals surface area contributed by atoms with Crippen LogP contribution in [-0.4, -0.2) is 89.5 Å². The standard InChI is InChI=1S/C26H28ClN7O3S/c1-17-23(38-31-30-17)26(37)34-13-11-32(12-14-34)22-6-5-19(25(36)33-9-7-28-8-10-33)16-21(22)29-24(35)18-3-2-4-20(27)15-18/h2-6,15-16,28H,7-14H2,1H3,(H,29,35). The summed E-state index contributed by atoms with van der Waals surface area (Å²) in [7, 11) is 0. The molecule has 3 aromatic rings. The predicted molar refractivity (Wildman–Crippen MR) is 147 cm³/mol. The highest BCUT2D eigenvalue weighted by molar-refractivity contribution is 7.07. The van der Waals surface area contributed by atoms with Gasteiger partial charge in [0.05, 0.1) is 17.1 Å². The van der Waals surface area contributed by atoms with Crippen molar-refractivity contribution >= 4 is 52.2 Å². The molecule has 5 rings (SSSR count). The minimum atomic E-state index is -0.317. The van der Waals surface area contributed by atoms with Crippen LogP contribution in [0.5, 0.6) is 0 Å². The molecule has 1 aromatic heterocycles. The summed E-state index contributed by atoms with van der Waals surface area (Å²) < 4.78 is 3.88. The third-order valence-electron chi connectivity index (χ3n) is 6.74. The number of benzene rings is 2. The number of amides is 3. The SMILES string of the molecule is Cc1nnsc1C(=O)N1CCN(c2ccc(C(=O)N3CCNCC3)cc2NC(=O)c2cccc(Cl)c2)CC1. The molecular weight excluding hydrogens is 526 g/mol. The van der Waals surface area contributed by atoms with Crippen molar-refractivity contribution in [1.29, 1.82) is 0 Å². The highest BCUT2D eigenvalue weighted by atomic mass is 35.5. The maximum atomic E-state index is 13.2. The maximum Gasteiger partial charge on any atom is 0.267 e. The van der Waals surface area contributed by atoms with Crippen molar-refractivity contribution in [1.82, 2.24) is 24.7 Å². The van der Waals surface area contributed by atoms with E-state index >= 15 is 0 Å². The summed E-state index contributed by atoms with van der Waals surface area (Å²) in [6.07, 6.45) is 0. The molecule has 0 radical (unpaired) electrons. The summed E-state index contributed by atoms with van der Waals surface area (Å²) in [5.41, 5.74) is 2.90. The molecule has 0 bridgehead atoms. The number of nitrogens with zero attached hydrogens (tertiary/aromatic N) is 5. The summed E-state index contributed by atoms with van der Waals surface area (Å²) in [5, 5.41) is 10.7. The van der Waals surface area contributed by atoms with Gasteiger partial charge >= 0.3 is 0 Å². The summed E-state index contributed by atoms with van der Waals surface area (Å²) in [5.74, 6) is -0.452. The second-order valence-corrected chi connectivity index (χ2v) is 10.4. The van der Waals surface area contributed by atoms with Gasteiger partial charge in [0.1, 0.15) is 4.88 Å². The van der Waals surface area contributed by atoms with Crippen LogP contribution >= 0.6 is 23.1 Å². The van der Waals surface area contributed by atoms with Gasteiger partial charge in [0.25, 0.3) is 17.7 Å². The Balaban J connectivity index is 1.38. The van der Waals surface area contributed by atoms with Crippen LogP contribution in [0.25, 0.3) is 0 Å². The average molecular weight is 554 g/mol. The molecule has 0 spiro atoms. The molecule has 2 aliphatic heterocycles. The van der Waals surface area contributed by atoms with E-state index in [1.54, 1.807) is 48.2 Å². The Bertz CT molecular complexity index is 1350. The zero-order chi connectivity index (χ0) is 26.6. The molecule has 2 N–H and O–H groups in total. The van der Waals surface area contributed by atoms with Gasteiger partial charge < -0.3 is 25.3 Å². The summed E-state index contributed by atoms with van der Waals surface area (Å²) in [6, 6.07) is 12.1. The lowest BCUT2D eigenvalue weighted by Crippen LogP contribution is -2.49. The third-order valence-corrected chi connectivity index (χ3v) is 7.79. The minimum absolute atomic E-state index is 0.0661. The van der Waals surface area contributed by atoms with Crippen LogP contribution in [0, 0.1) is 6.92 Å². The van der Waals surface area contributed by atoms with Gasteiger partial charge in [-0.2, -0.15) is 0 Å². The van der Waals surface area contributed by atoms with Crippen LogP contribution in [0.3, 0.4) is 0 Å². The maximum absolute atomic E-state index is 13.2. The first-order valence-electron chi connectivity index (χ1n) is 12.4. The Morgan fingerprint density at radius 2 is 1.66 bits per heavy atom. The van der Waals surface area contributed by atoms with E-state index in [4.69, 9.17) is 11.6 Å². The lowest BCUT2D eigenvalue weighted by molar-refractivity contribution is 0.0732. The molecule has 2 aromatic carbocycles. The molecule has 3 heterocycles. The molecule has 2 aliphatic rings. The van der Waals surface area contributed by atoms with E-state index in [1.165, 1.54) is 0 Å². The number of nitrogens with one attached hydrogen (secondary N) is 2. The van der Waals surface area contributed by atoms with Crippen LogP contribution < -0.4 is 15.5 Å². The number of aryl methyl sites for hydroxylation is 1. The number of hydrogen-bond donors (Lipinski definition) is 2. The van der Waals surface area contributed by atoms with E-state index in [1.807, 2.05) is 11.0 Å². The van der Waals surface area contributed by atoms with Crippen molar-refractivity contribution < 1.29 is 14.4 Å². The Kier molecular flexibility index (Phi) is 7.87. The highest BCUT2D eigenvalue weighted by Crippen LogP contribution is 2.30. The van der Waals surface area contributed by atoms with Gasteiger partial charge in [-0.1, -0.05) is 22.2 Å². The first-order chi connectivity index (χ1) is 18.4. The van der Waals surface area contributed by atoms with Crippen LogP contribution in [-0.2, 0) is 0 Å². The van der Waals surface area contributed by atoms with E-state index < -0.39 is 0 Å².